The zero-order valence-electron chi connectivity index (χ0n) is 11.2. The molecule has 0 radical (unpaired) electrons. The van der Waals surface area contributed by atoms with Gasteiger partial charge in [-0.2, -0.15) is 0 Å². The smallest absolute Gasteiger partial charge is 0.312 e. The van der Waals surface area contributed by atoms with E-state index in [1.807, 2.05) is 13.8 Å². The zero-order valence-corrected chi connectivity index (χ0v) is 12.0. The van der Waals surface area contributed by atoms with Crippen LogP contribution >= 0.6 is 11.3 Å². The Balaban J connectivity index is 1.76. The lowest BCUT2D eigenvalue weighted by molar-refractivity contribution is -0.138. The first-order chi connectivity index (χ1) is 9.54. The summed E-state index contributed by atoms with van der Waals surface area (Å²) >= 11 is 1.52. The van der Waals surface area contributed by atoms with Crippen LogP contribution in [0, 0.1) is 6.92 Å². The molecule has 2 heterocycles. The first kappa shape index (κ1) is 13.1. The minimum atomic E-state index is -0.794. The number of rotatable bonds is 4. The van der Waals surface area contributed by atoms with Crippen LogP contribution in [0.4, 0.5) is 5.13 Å². The number of fused-ring (bicyclic) bond motifs is 1. The van der Waals surface area contributed by atoms with Gasteiger partial charge in [0.05, 0.1) is 11.9 Å². The van der Waals surface area contributed by atoms with Gasteiger partial charge in [0, 0.05) is 4.88 Å². The Hall–Kier alpha value is -1.89. The molecule has 0 aliphatic heterocycles. The number of anilines is 1. The van der Waals surface area contributed by atoms with Crippen LogP contribution in [0.3, 0.4) is 0 Å². The van der Waals surface area contributed by atoms with Crippen LogP contribution < -0.4 is 5.32 Å². The number of aromatic nitrogens is 2. The summed E-state index contributed by atoms with van der Waals surface area (Å²) in [5, 5.41) is 13.1. The van der Waals surface area contributed by atoms with E-state index in [2.05, 4.69) is 15.3 Å². The second-order valence-electron chi connectivity index (χ2n) is 4.93. The molecule has 0 spiro atoms. The fourth-order valence-electron chi connectivity index (χ4n) is 2.35. The van der Waals surface area contributed by atoms with Gasteiger partial charge in [-0.3, -0.25) is 4.79 Å². The van der Waals surface area contributed by atoms with Crippen LogP contribution in [-0.4, -0.2) is 21.0 Å². The second kappa shape index (κ2) is 4.90. The van der Waals surface area contributed by atoms with Crippen LogP contribution in [0.5, 0.6) is 0 Å². The van der Waals surface area contributed by atoms with E-state index in [0.717, 1.165) is 22.2 Å². The lowest BCUT2D eigenvalue weighted by atomic mass is 10.1. The molecule has 6 nitrogen and oxygen atoms in total. The summed E-state index contributed by atoms with van der Waals surface area (Å²) in [5.74, 6) is 0.113. The summed E-state index contributed by atoms with van der Waals surface area (Å²) in [4.78, 5) is 20.8. The standard InChI is InChI=1S/C13H15N3O3S/c1-6-5-14-11(19-6)7(2)15-13-16-10-8(12(17)18)3-4-9(10)20-13/h5,7-8H,3-4H2,1-2H3,(H,15,16)(H,17,18). The van der Waals surface area contributed by atoms with Crippen molar-refractivity contribution in [2.24, 2.45) is 0 Å². The number of aliphatic carboxylic acids is 1. The number of hydrogen-bond donors (Lipinski definition) is 2. The van der Waals surface area contributed by atoms with Crippen LogP contribution in [0.1, 0.15) is 47.5 Å². The molecule has 0 bridgehead atoms. The van der Waals surface area contributed by atoms with Gasteiger partial charge in [0.2, 0.25) is 5.89 Å². The minimum Gasteiger partial charge on any atom is -0.481 e. The van der Waals surface area contributed by atoms with Crippen molar-refractivity contribution in [2.45, 2.75) is 38.6 Å². The van der Waals surface area contributed by atoms with Crippen LogP contribution in [0.25, 0.3) is 0 Å². The van der Waals surface area contributed by atoms with Crippen LogP contribution in [-0.2, 0) is 11.2 Å². The molecule has 2 N–H and O–H groups in total. The predicted molar refractivity (Wildman–Crippen MR) is 74.1 cm³/mol. The van der Waals surface area contributed by atoms with E-state index in [0.29, 0.717) is 18.0 Å². The summed E-state index contributed by atoms with van der Waals surface area (Å²) in [6.45, 7) is 3.78. The van der Waals surface area contributed by atoms with E-state index >= 15 is 0 Å². The highest BCUT2D eigenvalue weighted by atomic mass is 32.1. The average Bonchev–Trinajstić information content (AvgIpc) is 3.03. The molecule has 1 aliphatic rings. The highest BCUT2D eigenvalue weighted by molar-refractivity contribution is 7.15. The quantitative estimate of drug-likeness (QED) is 0.901. The first-order valence-electron chi connectivity index (χ1n) is 6.46. The van der Waals surface area contributed by atoms with Crippen molar-refractivity contribution >= 4 is 22.4 Å². The molecule has 0 saturated carbocycles. The highest BCUT2D eigenvalue weighted by Gasteiger charge is 2.32. The van der Waals surface area contributed by atoms with Gasteiger partial charge in [0.1, 0.15) is 17.7 Å². The van der Waals surface area contributed by atoms with Crippen molar-refractivity contribution < 1.29 is 14.3 Å². The Kier molecular flexibility index (Phi) is 3.21. The number of nitrogens with one attached hydrogen (secondary N) is 1. The first-order valence-corrected chi connectivity index (χ1v) is 7.27. The zero-order chi connectivity index (χ0) is 14.3. The van der Waals surface area contributed by atoms with Crippen molar-refractivity contribution in [1.29, 1.82) is 0 Å². The van der Waals surface area contributed by atoms with E-state index < -0.39 is 11.9 Å². The van der Waals surface area contributed by atoms with Crippen molar-refractivity contribution in [3.05, 3.63) is 28.4 Å². The molecule has 2 atom stereocenters. The van der Waals surface area contributed by atoms with Gasteiger partial charge in [-0.25, -0.2) is 9.97 Å². The maximum atomic E-state index is 11.1. The number of carbonyl (C=O) groups is 1. The maximum Gasteiger partial charge on any atom is 0.312 e. The molecular formula is C13H15N3O3S. The number of hydrogen-bond acceptors (Lipinski definition) is 6. The van der Waals surface area contributed by atoms with Crippen LogP contribution in [0.2, 0.25) is 0 Å². The second-order valence-corrected chi connectivity index (χ2v) is 6.02. The minimum absolute atomic E-state index is 0.0988. The summed E-state index contributed by atoms with van der Waals surface area (Å²) in [5.41, 5.74) is 0.709. The molecule has 20 heavy (non-hydrogen) atoms. The molecular weight excluding hydrogens is 278 g/mol. The molecule has 0 aromatic carbocycles. The molecule has 7 heteroatoms. The van der Waals surface area contributed by atoms with E-state index in [-0.39, 0.29) is 6.04 Å². The SMILES string of the molecule is Cc1cnc(C(C)Nc2nc3c(s2)CCC3C(=O)O)o1. The van der Waals surface area contributed by atoms with E-state index in [1.165, 1.54) is 11.3 Å². The number of carboxylic acids is 1. The van der Waals surface area contributed by atoms with Crippen molar-refractivity contribution in [3.63, 3.8) is 0 Å². The Morgan fingerprint density at radius 2 is 2.45 bits per heavy atom. The number of carboxylic acid groups (broad SMARTS) is 1. The molecule has 2 aromatic heterocycles. The van der Waals surface area contributed by atoms with E-state index in [9.17, 15) is 4.79 Å². The van der Waals surface area contributed by atoms with Crippen LogP contribution in [0.15, 0.2) is 10.6 Å². The Bertz CT molecular complexity index is 649. The molecule has 106 valence electrons. The number of oxazole rings is 1. The van der Waals surface area contributed by atoms with E-state index in [4.69, 9.17) is 9.52 Å². The summed E-state index contributed by atoms with van der Waals surface area (Å²) < 4.78 is 5.46. The van der Waals surface area contributed by atoms with Gasteiger partial charge in [0.15, 0.2) is 5.13 Å². The third-order valence-corrected chi connectivity index (χ3v) is 4.43. The van der Waals surface area contributed by atoms with Gasteiger partial charge < -0.3 is 14.8 Å². The maximum absolute atomic E-state index is 11.1. The summed E-state index contributed by atoms with van der Waals surface area (Å²) in [7, 11) is 0. The lowest BCUT2D eigenvalue weighted by Gasteiger charge is -2.09. The Labute approximate surface area is 119 Å². The Morgan fingerprint density at radius 3 is 3.10 bits per heavy atom. The van der Waals surface area contributed by atoms with Gasteiger partial charge >= 0.3 is 5.97 Å². The Morgan fingerprint density at radius 1 is 1.65 bits per heavy atom. The third-order valence-electron chi connectivity index (χ3n) is 3.37. The largest absolute Gasteiger partial charge is 0.481 e. The fourth-order valence-corrected chi connectivity index (χ4v) is 3.47. The number of thiazole rings is 1. The van der Waals surface area contributed by atoms with Gasteiger partial charge in [-0.15, -0.1) is 11.3 Å². The third kappa shape index (κ3) is 2.29. The highest BCUT2D eigenvalue weighted by Crippen LogP contribution is 2.39. The average molecular weight is 293 g/mol. The number of nitrogens with zero attached hydrogens (tertiary/aromatic N) is 2. The van der Waals surface area contributed by atoms with Gasteiger partial charge in [0.25, 0.3) is 0 Å². The molecule has 2 aromatic rings. The topological polar surface area (TPSA) is 88.2 Å². The summed E-state index contributed by atoms with van der Waals surface area (Å²) in [6, 6.07) is -0.0988. The van der Waals surface area contributed by atoms with Gasteiger partial charge in [-0.05, 0) is 26.7 Å². The molecule has 0 amide bonds. The molecule has 0 fully saturated rings. The van der Waals surface area contributed by atoms with Crippen molar-refractivity contribution in [2.75, 3.05) is 5.32 Å². The lowest BCUT2D eigenvalue weighted by Crippen LogP contribution is -2.10. The molecule has 2 unspecified atom stereocenters. The van der Waals surface area contributed by atoms with Crippen molar-refractivity contribution in [3.8, 4) is 0 Å². The fraction of sp³-hybridized carbons (Fsp3) is 0.462. The van der Waals surface area contributed by atoms with Crippen molar-refractivity contribution in [1.82, 2.24) is 9.97 Å². The predicted octanol–water partition coefficient (Wildman–Crippen LogP) is 2.73. The van der Waals surface area contributed by atoms with E-state index in [1.54, 1.807) is 6.20 Å². The molecule has 0 saturated heterocycles. The monoisotopic (exact) mass is 293 g/mol. The molecule has 3 rings (SSSR count). The number of aryl methyl sites for hydroxylation is 2. The summed E-state index contributed by atoms with van der Waals surface area (Å²) in [6.07, 6.45) is 3.12. The normalized spacial score (nSPS) is 18.8. The van der Waals surface area contributed by atoms with Gasteiger partial charge in [-0.1, -0.05) is 0 Å². The molecule has 1 aliphatic carbocycles.